The van der Waals surface area contributed by atoms with Crippen LogP contribution in [0.15, 0.2) is 54.7 Å². The van der Waals surface area contributed by atoms with Crippen LogP contribution in [-0.4, -0.2) is 57.2 Å². The second kappa shape index (κ2) is 10.3. The van der Waals surface area contributed by atoms with Gasteiger partial charge in [-0.1, -0.05) is 36.4 Å². The molecule has 1 fully saturated rings. The van der Waals surface area contributed by atoms with Gasteiger partial charge in [-0.25, -0.2) is 0 Å². The van der Waals surface area contributed by atoms with Gasteiger partial charge >= 0.3 is 0 Å². The summed E-state index contributed by atoms with van der Waals surface area (Å²) in [5, 5.41) is 18.9. The van der Waals surface area contributed by atoms with Crippen molar-refractivity contribution in [2.24, 2.45) is 5.92 Å². The van der Waals surface area contributed by atoms with E-state index in [2.05, 4.69) is 31.4 Å². The summed E-state index contributed by atoms with van der Waals surface area (Å²) < 4.78 is 0. The topological polar surface area (TPSA) is 149 Å². The number of nitrogens with one attached hydrogen (secondary N) is 4. The smallest absolute Gasteiger partial charge is 0.251 e. The highest BCUT2D eigenvalue weighted by Crippen LogP contribution is 2.39. The number of benzene rings is 2. The number of hydrogen-bond acceptors (Lipinski definition) is 6. The first kappa shape index (κ1) is 24.8. The van der Waals surface area contributed by atoms with Crippen LogP contribution in [0.5, 0.6) is 0 Å². The molecule has 2 aromatic carbocycles. The number of nitrogens with zero attached hydrogens (tertiary/aromatic N) is 3. The number of hydrogen-bond donors (Lipinski definition) is 4. The Morgan fingerprint density at radius 3 is 2.56 bits per heavy atom. The molecule has 0 radical (unpaired) electrons. The average molecular weight is 528 g/mol. The molecule has 39 heavy (non-hydrogen) atoms. The zero-order chi connectivity index (χ0) is 26.9. The van der Waals surface area contributed by atoms with E-state index in [0.717, 1.165) is 29.7 Å². The fourth-order valence-corrected chi connectivity index (χ4v) is 5.48. The number of aromatic amines is 1. The largest absolute Gasteiger partial charge is 0.348 e. The SMILES string of the molecule is O=C(N[C@H](C(=O)N[C@H]1CCc2cccc3c2N(C1=O)[C@H](C(=O)NCc1cn[nH]n1)C3)C1CC1)c1ccccc1. The monoisotopic (exact) mass is 527 g/mol. The van der Waals surface area contributed by atoms with Crippen molar-refractivity contribution < 1.29 is 19.2 Å². The standard InChI is InChI=1S/C28H29N7O4/c36-25(18-5-2-1-3-6-18)32-23(16-9-10-16)27(38)31-21-12-11-17-7-4-8-19-13-22(35(24(17)19)28(21)39)26(37)29-14-20-15-30-34-33-20/h1-8,15-16,21-23H,9-14H2,(H,29,37)(H,31,38)(H,32,36)(H,30,33,34)/t21-,22-,23-/m0/s1. The predicted octanol–water partition coefficient (Wildman–Crippen LogP) is 1.02. The van der Waals surface area contributed by atoms with Gasteiger partial charge in [0.2, 0.25) is 17.7 Å². The molecule has 1 saturated carbocycles. The molecule has 11 nitrogen and oxygen atoms in total. The van der Waals surface area contributed by atoms with Crippen LogP contribution >= 0.6 is 0 Å². The Bertz CT molecular complexity index is 1400. The van der Waals surface area contributed by atoms with Crippen molar-refractivity contribution in [2.75, 3.05) is 4.90 Å². The summed E-state index contributed by atoms with van der Waals surface area (Å²) in [5.41, 5.74) is 3.72. The highest BCUT2D eigenvalue weighted by atomic mass is 16.2. The van der Waals surface area contributed by atoms with Crippen molar-refractivity contribution >= 4 is 29.3 Å². The maximum Gasteiger partial charge on any atom is 0.251 e. The normalized spacial score (nSPS) is 20.5. The number of carbonyl (C=O) groups excluding carboxylic acids is 4. The van der Waals surface area contributed by atoms with Gasteiger partial charge in [0.05, 0.1) is 18.4 Å². The van der Waals surface area contributed by atoms with E-state index in [1.165, 1.54) is 6.20 Å². The van der Waals surface area contributed by atoms with Crippen molar-refractivity contribution in [1.82, 2.24) is 31.4 Å². The zero-order valence-electron chi connectivity index (χ0n) is 21.2. The molecule has 0 spiro atoms. The summed E-state index contributed by atoms with van der Waals surface area (Å²) in [7, 11) is 0. The van der Waals surface area contributed by atoms with E-state index in [-0.39, 0.29) is 36.1 Å². The van der Waals surface area contributed by atoms with Crippen LogP contribution < -0.4 is 20.9 Å². The lowest BCUT2D eigenvalue weighted by Crippen LogP contribution is -2.57. The summed E-state index contributed by atoms with van der Waals surface area (Å²) in [4.78, 5) is 55.0. The first-order valence-corrected chi connectivity index (χ1v) is 13.2. The molecule has 3 heterocycles. The molecular formula is C28H29N7O4. The molecule has 4 N–H and O–H groups in total. The van der Waals surface area contributed by atoms with Gasteiger partial charge in [-0.15, -0.1) is 0 Å². The van der Waals surface area contributed by atoms with Crippen LogP contribution in [0.1, 0.15) is 46.4 Å². The Kier molecular flexibility index (Phi) is 6.55. The van der Waals surface area contributed by atoms with Crippen LogP contribution in [-0.2, 0) is 33.8 Å². The predicted molar refractivity (Wildman–Crippen MR) is 140 cm³/mol. The van der Waals surface area contributed by atoms with Gasteiger partial charge < -0.3 is 16.0 Å². The number of aromatic nitrogens is 3. The quantitative estimate of drug-likeness (QED) is 0.344. The average Bonchev–Trinajstić information content (AvgIpc) is 3.54. The Morgan fingerprint density at radius 2 is 1.82 bits per heavy atom. The Morgan fingerprint density at radius 1 is 1.03 bits per heavy atom. The summed E-state index contributed by atoms with van der Waals surface area (Å²) in [6.45, 7) is 0.182. The van der Waals surface area contributed by atoms with Crippen molar-refractivity contribution in [1.29, 1.82) is 0 Å². The molecule has 0 bridgehead atoms. The molecular weight excluding hydrogens is 498 g/mol. The van der Waals surface area contributed by atoms with Crippen LogP contribution in [0.4, 0.5) is 5.69 Å². The van der Waals surface area contributed by atoms with Gasteiger partial charge in [-0.2, -0.15) is 15.4 Å². The number of rotatable bonds is 8. The molecule has 3 aliphatic rings. The molecule has 2 aliphatic heterocycles. The summed E-state index contributed by atoms with van der Waals surface area (Å²) in [5.74, 6) is -1.29. The lowest BCUT2D eigenvalue weighted by molar-refractivity contribution is -0.130. The lowest BCUT2D eigenvalue weighted by atomic mass is 10.0. The second-order valence-electron chi connectivity index (χ2n) is 10.3. The zero-order valence-corrected chi connectivity index (χ0v) is 21.2. The van der Waals surface area contributed by atoms with E-state index in [4.69, 9.17) is 0 Å². The third-order valence-electron chi connectivity index (χ3n) is 7.63. The summed E-state index contributed by atoms with van der Waals surface area (Å²) >= 11 is 0. The fourth-order valence-electron chi connectivity index (χ4n) is 5.48. The number of amides is 4. The Labute approximate surface area is 224 Å². The van der Waals surface area contributed by atoms with E-state index in [1.54, 1.807) is 29.2 Å². The van der Waals surface area contributed by atoms with Gasteiger partial charge in [-0.3, -0.25) is 24.1 Å². The first-order valence-electron chi connectivity index (χ1n) is 13.2. The van der Waals surface area contributed by atoms with Crippen molar-refractivity contribution in [3.8, 4) is 0 Å². The van der Waals surface area contributed by atoms with Crippen LogP contribution in [0.25, 0.3) is 0 Å². The Hall–Kier alpha value is -4.54. The van der Waals surface area contributed by atoms with Crippen LogP contribution in [0, 0.1) is 5.92 Å². The molecule has 1 aliphatic carbocycles. The van der Waals surface area contributed by atoms with Gasteiger partial charge in [0.15, 0.2) is 0 Å². The van der Waals surface area contributed by atoms with Crippen molar-refractivity contribution in [3.63, 3.8) is 0 Å². The van der Waals surface area contributed by atoms with E-state index in [0.29, 0.717) is 30.5 Å². The molecule has 4 amide bonds. The highest BCUT2D eigenvalue weighted by Gasteiger charge is 2.45. The minimum Gasteiger partial charge on any atom is -0.348 e. The van der Waals surface area contributed by atoms with Crippen LogP contribution in [0.2, 0.25) is 0 Å². The highest BCUT2D eigenvalue weighted by molar-refractivity contribution is 6.08. The third-order valence-corrected chi connectivity index (χ3v) is 7.63. The molecule has 200 valence electrons. The molecule has 6 rings (SSSR count). The number of para-hydroxylation sites is 1. The molecule has 3 atom stereocenters. The molecule has 0 saturated heterocycles. The van der Waals surface area contributed by atoms with E-state index in [9.17, 15) is 19.2 Å². The molecule has 3 aromatic rings. The van der Waals surface area contributed by atoms with Gasteiger partial charge in [0.1, 0.15) is 23.8 Å². The second-order valence-corrected chi connectivity index (χ2v) is 10.3. The van der Waals surface area contributed by atoms with E-state index >= 15 is 0 Å². The number of carbonyl (C=O) groups is 4. The van der Waals surface area contributed by atoms with E-state index < -0.39 is 18.1 Å². The van der Waals surface area contributed by atoms with Crippen LogP contribution in [0.3, 0.4) is 0 Å². The first-order chi connectivity index (χ1) is 19.0. The van der Waals surface area contributed by atoms with Gasteiger partial charge in [-0.05, 0) is 54.9 Å². The summed E-state index contributed by atoms with van der Waals surface area (Å²) in [6, 6.07) is 12.3. The van der Waals surface area contributed by atoms with Gasteiger partial charge in [0.25, 0.3) is 5.91 Å². The maximum absolute atomic E-state index is 13.9. The van der Waals surface area contributed by atoms with Crippen molar-refractivity contribution in [3.05, 3.63) is 77.1 Å². The number of aryl methyl sites for hydroxylation is 1. The summed E-state index contributed by atoms with van der Waals surface area (Å²) in [6.07, 6.45) is 4.55. The maximum atomic E-state index is 13.9. The molecule has 1 aromatic heterocycles. The number of anilines is 1. The van der Waals surface area contributed by atoms with Gasteiger partial charge in [0, 0.05) is 12.0 Å². The minimum atomic E-state index is -0.823. The minimum absolute atomic E-state index is 0.0317. The fraction of sp³-hybridized carbons (Fsp3) is 0.357. The molecule has 0 unspecified atom stereocenters. The lowest BCUT2D eigenvalue weighted by Gasteiger charge is -2.28. The third kappa shape index (κ3) is 4.99. The number of H-pyrrole nitrogens is 1. The van der Waals surface area contributed by atoms with E-state index in [1.807, 2.05) is 24.3 Å². The molecule has 11 heteroatoms. The Balaban J connectivity index is 1.20. The van der Waals surface area contributed by atoms with Crippen molar-refractivity contribution in [2.45, 2.75) is 56.8 Å².